The van der Waals surface area contributed by atoms with Gasteiger partial charge in [-0.05, 0) is 26.4 Å². The fourth-order valence-electron chi connectivity index (χ4n) is 2.21. The molecule has 0 aromatic carbocycles. The highest BCUT2D eigenvalue weighted by atomic mass is 16.5. The highest BCUT2D eigenvalue weighted by Gasteiger charge is 2.36. The smallest absolute Gasteiger partial charge is 0.310 e. The van der Waals surface area contributed by atoms with Crippen LogP contribution in [0, 0.1) is 5.92 Å². The molecule has 0 radical (unpaired) electrons. The van der Waals surface area contributed by atoms with Gasteiger partial charge in [0.2, 0.25) is 0 Å². The van der Waals surface area contributed by atoms with Crippen LogP contribution in [0.4, 0.5) is 0 Å². The van der Waals surface area contributed by atoms with E-state index < -0.39 is 11.9 Å². The summed E-state index contributed by atoms with van der Waals surface area (Å²) in [5, 5.41) is 17.7. The molecular weight excluding hydrogens is 222 g/mol. The van der Waals surface area contributed by atoms with E-state index in [0.717, 1.165) is 32.2 Å². The number of likely N-dealkylation sites (N-methyl/N-ethyl adjacent to an activating group) is 1. The summed E-state index contributed by atoms with van der Waals surface area (Å²) in [4.78, 5) is 13.1. The number of aliphatic carboxylic acids is 1. The van der Waals surface area contributed by atoms with Crippen molar-refractivity contribution < 1.29 is 19.7 Å². The van der Waals surface area contributed by atoms with Crippen molar-refractivity contribution in [2.24, 2.45) is 5.92 Å². The third-order valence-electron chi connectivity index (χ3n) is 3.35. The minimum atomic E-state index is -0.764. The molecule has 100 valence electrons. The summed E-state index contributed by atoms with van der Waals surface area (Å²) in [5.41, 5.74) is 0. The molecule has 0 aromatic rings. The average molecular weight is 245 g/mol. The van der Waals surface area contributed by atoms with Crippen molar-refractivity contribution >= 4 is 5.97 Å². The second kappa shape index (κ2) is 7.63. The number of carboxylic acid groups (broad SMARTS) is 1. The van der Waals surface area contributed by atoms with E-state index in [0.29, 0.717) is 13.2 Å². The Labute approximate surface area is 102 Å². The van der Waals surface area contributed by atoms with Gasteiger partial charge in [0.25, 0.3) is 0 Å². The van der Waals surface area contributed by atoms with E-state index >= 15 is 0 Å². The van der Waals surface area contributed by atoms with Crippen LogP contribution in [-0.2, 0) is 9.53 Å². The van der Waals surface area contributed by atoms with Crippen molar-refractivity contribution in [3.63, 3.8) is 0 Å². The predicted molar refractivity (Wildman–Crippen MR) is 63.9 cm³/mol. The summed E-state index contributed by atoms with van der Waals surface area (Å²) in [7, 11) is 1.96. The molecule has 0 spiro atoms. The lowest BCUT2D eigenvalue weighted by molar-refractivity contribution is -0.143. The van der Waals surface area contributed by atoms with E-state index in [9.17, 15) is 4.79 Å². The van der Waals surface area contributed by atoms with Crippen LogP contribution in [0.3, 0.4) is 0 Å². The van der Waals surface area contributed by atoms with Gasteiger partial charge >= 0.3 is 5.97 Å². The molecule has 0 aromatic heterocycles. The highest BCUT2D eigenvalue weighted by Crippen LogP contribution is 2.19. The van der Waals surface area contributed by atoms with Gasteiger partial charge in [0.1, 0.15) is 0 Å². The Morgan fingerprint density at radius 1 is 1.29 bits per heavy atom. The summed E-state index contributed by atoms with van der Waals surface area (Å²) >= 11 is 0. The van der Waals surface area contributed by atoms with Gasteiger partial charge in [-0.1, -0.05) is 12.8 Å². The van der Waals surface area contributed by atoms with Crippen LogP contribution in [0.25, 0.3) is 0 Å². The number of unbranched alkanes of at least 4 members (excludes halogenated alkanes) is 3. The number of hydrogen-bond acceptors (Lipinski definition) is 4. The van der Waals surface area contributed by atoms with Crippen molar-refractivity contribution in [1.29, 1.82) is 0 Å². The maximum atomic E-state index is 11.0. The Balaban J connectivity index is 2.22. The van der Waals surface area contributed by atoms with Gasteiger partial charge in [-0.2, -0.15) is 0 Å². The molecule has 0 saturated carbocycles. The first-order valence-electron chi connectivity index (χ1n) is 6.28. The maximum absolute atomic E-state index is 11.0. The SMILES string of the molecule is CN(CCCCCCO)C1COCC1C(=O)O. The molecule has 1 rings (SSSR count). The lowest BCUT2D eigenvalue weighted by Gasteiger charge is -2.25. The van der Waals surface area contributed by atoms with Crippen LogP contribution < -0.4 is 0 Å². The van der Waals surface area contributed by atoms with E-state index in [-0.39, 0.29) is 12.6 Å². The van der Waals surface area contributed by atoms with Gasteiger partial charge in [0, 0.05) is 12.6 Å². The Kier molecular flexibility index (Phi) is 6.47. The largest absolute Gasteiger partial charge is 0.481 e. The number of rotatable bonds is 8. The van der Waals surface area contributed by atoms with Gasteiger partial charge in [0.05, 0.1) is 19.1 Å². The molecule has 5 heteroatoms. The first-order chi connectivity index (χ1) is 8.16. The summed E-state index contributed by atoms with van der Waals surface area (Å²) in [5.74, 6) is -1.16. The molecule has 2 N–H and O–H groups in total. The number of aliphatic hydroxyl groups excluding tert-OH is 1. The summed E-state index contributed by atoms with van der Waals surface area (Å²) in [6.45, 7) is 2.00. The molecule has 2 unspecified atom stereocenters. The van der Waals surface area contributed by atoms with Gasteiger partial charge < -0.3 is 19.8 Å². The van der Waals surface area contributed by atoms with E-state index in [1.165, 1.54) is 0 Å². The zero-order valence-electron chi connectivity index (χ0n) is 10.5. The first kappa shape index (κ1) is 14.4. The molecule has 1 aliphatic heterocycles. The van der Waals surface area contributed by atoms with Crippen molar-refractivity contribution in [3.05, 3.63) is 0 Å². The zero-order chi connectivity index (χ0) is 12.7. The summed E-state index contributed by atoms with van der Waals surface area (Å²) < 4.78 is 5.24. The molecule has 1 heterocycles. The Morgan fingerprint density at radius 2 is 2.00 bits per heavy atom. The van der Waals surface area contributed by atoms with Gasteiger partial charge in [-0.15, -0.1) is 0 Å². The molecule has 0 bridgehead atoms. The third kappa shape index (κ3) is 4.61. The Morgan fingerprint density at radius 3 is 2.65 bits per heavy atom. The number of hydrogen-bond donors (Lipinski definition) is 2. The molecule has 1 fully saturated rings. The van der Waals surface area contributed by atoms with Crippen molar-refractivity contribution in [1.82, 2.24) is 4.90 Å². The molecule has 1 saturated heterocycles. The van der Waals surface area contributed by atoms with Crippen molar-refractivity contribution in [3.8, 4) is 0 Å². The molecule has 0 amide bonds. The third-order valence-corrected chi connectivity index (χ3v) is 3.35. The van der Waals surface area contributed by atoms with Crippen LogP contribution in [0.15, 0.2) is 0 Å². The summed E-state index contributed by atoms with van der Waals surface area (Å²) in [6.07, 6.45) is 4.01. The quantitative estimate of drug-likeness (QED) is 0.612. The van der Waals surface area contributed by atoms with Crippen LogP contribution in [-0.4, -0.2) is 60.5 Å². The van der Waals surface area contributed by atoms with E-state index in [1.54, 1.807) is 0 Å². The molecule has 2 atom stereocenters. The molecule has 17 heavy (non-hydrogen) atoms. The predicted octanol–water partition coefficient (Wildman–Crippen LogP) is 0.570. The van der Waals surface area contributed by atoms with Crippen LogP contribution in [0.5, 0.6) is 0 Å². The normalized spacial score (nSPS) is 24.4. The van der Waals surface area contributed by atoms with Crippen molar-refractivity contribution in [2.75, 3.05) is 33.4 Å². The van der Waals surface area contributed by atoms with Gasteiger partial charge in [0.15, 0.2) is 0 Å². The molecule has 0 aliphatic carbocycles. The monoisotopic (exact) mass is 245 g/mol. The van der Waals surface area contributed by atoms with Gasteiger partial charge in [-0.3, -0.25) is 4.79 Å². The van der Waals surface area contributed by atoms with E-state index in [4.69, 9.17) is 14.9 Å². The number of ether oxygens (including phenoxy) is 1. The lowest BCUT2D eigenvalue weighted by Crippen LogP contribution is -2.41. The topological polar surface area (TPSA) is 70.0 Å². The standard InChI is InChI=1S/C12H23NO4/c1-13(6-4-2-3-5-7-14)11-9-17-8-10(11)12(15)16/h10-11,14H,2-9H2,1H3,(H,15,16). The van der Waals surface area contributed by atoms with Crippen LogP contribution in [0.2, 0.25) is 0 Å². The highest BCUT2D eigenvalue weighted by molar-refractivity contribution is 5.71. The van der Waals surface area contributed by atoms with Crippen LogP contribution >= 0.6 is 0 Å². The number of carbonyl (C=O) groups is 1. The van der Waals surface area contributed by atoms with Gasteiger partial charge in [-0.25, -0.2) is 0 Å². The molecular formula is C12H23NO4. The average Bonchev–Trinajstić information content (AvgIpc) is 2.77. The molecule has 5 nitrogen and oxygen atoms in total. The van der Waals surface area contributed by atoms with Crippen LogP contribution in [0.1, 0.15) is 25.7 Å². The lowest BCUT2D eigenvalue weighted by atomic mass is 10.0. The van der Waals surface area contributed by atoms with E-state index in [1.807, 2.05) is 7.05 Å². The fraction of sp³-hybridized carbons (Fsp3) is 0.917. The fourth-order valence-corrected chi connectivity index (χ4v) is 2.21. The minimum Gasteiger partial charge on any atom is -0.481 e. The Bertz CT molecular complexity index is 235. The maximum Gasteiger partial charge on any atom is 0.310 e. The Hall–Kier alpha value is -0.650. The second-order valence-electron chi connectivity index (χ2n) is 4.67. The summed E-state index contributed by atoms with van der Waals surface area (Å²) in [6, 6.07) is 0.00495. The number of carboxylic acids is 1. The van der Waals surface area contributed by atoms with Crippen molar-refractivity contribution in [2.45, 2.75) is 31.7 Å². The molecule has 1 aliphatic rings. The van der Waals surface area contributed by atoms with E-state index in [2.05, 4.69) is 4.90 Å². The zero-order valence-corrected chi connectivity index (χ0v) is 10.5. The first-order valence-corrected chi connectivity index (χ1v) is 6.28. The minimum absolute atomic E-state index is 0.00495. The second-order valence-corrected chi connectivity index (χ2v) is 4.67. The number of aliphatic hydroxyl groups is 1. The number of nitrogens with zero attached hydrogens (tertiary/aromatic N) is 1.